The second kappa shape index (κ2) is 4.81. The lowest BCUT2D eigenvalue weighted by atomic mass is 10.1. The van der Waals surface area contributed by atoms with E-state index in [1.807, 2.05) is 50.2 Å². The highest BCUT2D eigenvalue weighted by atomic mass is 16.5. The lowest BCUT2D eigenvalue weighted by molar-refractivity contribution is 0.425. The van der Waals surface area contributed by atoms with Crippen molar-refractivity contribution in [2.75, 3.05) is 0 Å². The fourth-order valence-corrected chi connectivity index (χ4v) is 1.97. The molecule has 0 aliphatic rings. The minimum absolute atomic E-state index is 0.134. The summed E-state index contributed by atoms with van der Waals surface area (Å²) in [6.45, 7) is 3.97. The number of phenolic OH excluding ortho intramolecular Hbond substituents is 1. The van der Waals surface area contributed by atoms with Gasteiger partial charge in [-0.15, -0.1) is 0 Å². The maximum atomic E-state index is 9.88. The summed E-state index contributed by atoms with van der Waals surface area (Å²) in [4.78, 5) is 4.34. The number of rotatable bonds is 2. The largest absolute Gasteiger partial charge is 0.507 e. The van der Waals surface area contributed by atoms with Gasteiger partial charge in [-0.2, -0.15) is 4.98 Å². The standard InChI is InChI=1S/C16H14N2O2/c1-10-3-6-12(7-4-10)15-17-16(20-18-15)13-9-11(2)5-8-14(13)19/h3-9,19H,1-2H3. The van der Waals surface area contributed by atoms with E-state index in [1.54, 1.807) is 6.07 Å². The van der Waals surface area contributed by atoms with Gasteiger partial charge in [-0.3, -0.25) is 0 Å². The van der Waals surface area contributed by atoms with Crippen molar-refractivity contribution in [3.05, 3.63) is 53.6 Å². The Labute approximate surface area is 116 Å². The van der Waals surface area contributed by atoms with E-state index >= 15 is 0 Å². The maximum absolute atomic E-state index is 9.88. The summed E-state index contributed by atoms with van der Waals surface area (Å²) < 4.78 is 5.25. The van der Waals surface area contributed by atoms with Crippen LogP contribution >= 0.6 is 0 Å². The fourth-order valence-electron chi connectivity index (χ4n) is 1.97. The number of phenols is 1. The van der Waals surface area contributed by atoms with Crippen LogP contribution in [0.1, 0.15) is 11.1 Å². The van der Waals surface area contributed by atoms with Crippen LogP contribution in [0.15, 0.2) is 47.0 Å². The molecule has 3 rings (SSSR count). The van der Waals surface area contributed by atoms with Crippen LogP contribution in [-0.4, -0.2) is 15.2 Å². The van der Waals surface area contributed by atoms with Crippen LogP contribution in [0.2, 0.25) is 0 Å². The van der Waals surface area contributed by atoms with Gasteiger partial charge in [0.05, 0.1) is 5.56 Å². The first-order chi connectivity index (χ1) is 9.63. The fraction of sp³-hybridized carbons (Fsp3) is 0.125. The number of aromatic nitrogens is 2. The minimum atomic E-state index is 0.134. The van der Waals surface area contributed by atoms with Crippen LogP contribution in [0.25, 0.3) is 22.8 Å². The third-order valence-electron chi connectivity index (χ3n) is 3.12. The minimum Gasteiger partial charge on any atom is -0.507 e. The molecule has 4 nitrogen and oxygen atoms in total. The van der Waals surface area contributed by atoms with Gasteiger partial charge in [0.25, 0.3) is 5.89 Å². The Balaban J connectivity index is 2.01. The molecule has 0 atom stereocenters. The van der Waals surface area contributed by atoms with Crippen molar-refractivity contribution < 1.29 is 9.63 Å². The van der Waals surface area contributed by atoms with Gasteiger partial charge in [0.2, 0.25) is 5.82 Å². The average molecular weight is 266 g/mol. The number of benzene rings is 2. The van der Waals surface area contributed by atoms with E-state index in [-0.39, 0.29) is 5.75 Å². The molecule has 2 aromatic carbocycles. The Hall–Kier alpha value is -2.62. The lowest BCUT2D eigenvalue weighted by Crippen LogP contribution is -1.83. The van der Waals surface area contributed by atoms with E-state index in [0.29, 0.717) is 17.3 Å². The number of aryl methyl sites for hydroxylation is 2. The molecular weight excluding hydrogens is 252 g/mol. The van der Waals surface area contributed by atoms with Gasteiger partial charge in [-0.25, -0.2) is 0 Å². The third-order valence-corrected chi connectivity index (χ3v) is 3.12. The van der Waals surface area contributed by atoms with Crippen molar-refractivity contribution in [3.8, 4) is 28.6 Å². The molecule has 0 bridgehead atoms. The topological polar surface area (TPSA) is 59.2 Å². The van der Waals surface area contributed by atoms with Crippen molar-refractivity contribution in [2.24, 2.45) is 0 Å². The Bertz CT molecular complexity index is 745. The van der Waals surface area contributed by atoms with Gasteiger partial charge in [-0.05, 0) is 26.0 Å². The van der Waals surface area contributed by atoms with Crippen molar-refractivity contribution >= 4 is 0 Å². The zero-order chi connectivity index (χ0) is 14.1. The summed E-state index contributed by atoms with van der Waals surface area (Å²) in [6, 6.07) is 13.2. The second-order valence-corrected chi connectivity index (χ2v) is 4.81. The van der Waals surface area contributed by atoms with Crippen LogP contribution in [0.3, 0.4) is 0 Å². The Morgan fingerprint density at radius 2 is 1.65 bits per heavy atom. The highest BCUT2D eigenvalue weighted by Crippen LogP contribution is 2.30. The van der Waals surface area contributed by atoms with Crippen LogP contribution in [0, 0.1) is 13.8 Å². The van der Waals surface area contributed by atoms with Gasteiger partial charge in [-0.1, -0.05) is 46.6 Å². The van der Waals surface area contributed by atoms with E-state index in [0.717, 1.165) is 11.1 Å². The van der Waals surface area contributed by atoms with E-state index in [1.165, 1.54) is 5.56 Å². The summed E-state index contributed by atoms with van der Waals surface area (Å²) in [5.74, 6) is 0.970. The van der Waals surface area contributed by atoms with E-state index < -0.39 is 0 Å². The number of aromatic hydroxyl groups is 1. The van der Waals surface area contributed by atoms with E-state index in [9.17, 15) is 5.11 Å². The van der Waals surface area contributed by atoms with Gasteiger partial charge < -0.3 is 9.63 Å². The summed E-state index contributed by atoms with van der Waals surface area (Å²) in [6.07, 6.45) is 0. The molecule has 0 spiro atoms. The van der Waals surface area contributed by atoms with Crippen LogP contribution in [0.5, 0.6) is 5.75 Å². The van der Waals surface area contributed by atoms with Gasteiger partial charge in [0.1, 0.15) is 5.75 Å². The molecule has 0 radical (unpaired) electrons. The molecule has 1 N–H and O–H groups in total. The van der Waals surface area contributed by atoms with Crippen molar-refractivity contribution in [1.29, 1.82) is 0 Å². The molecule has 3 aromatic rings. The summed E-state index contributed by atoms with van der Waals surface area (Å²) in [5, 5.41) is 13.8. The van der Waals surface area contributed by atoms with Crippen molar-refractivity contribution in [3.63, 3.8) is 0 Å². The number of hydrogen-bond donors (Lipinski definition) is 1. The molecule has 0 amide bonds. The molecule has 0 saturated heterocycles. The predicted octanol–water partition coefficient (Wildman–Crippen LogP) is 3.73. The maximum Gasteiger partial charge on any atom is 0.262 e. The predicted molar refractivity (Wildman–Crippen MR) is 76.3 cm³/mol. The van der Waals surface area contributed by atoms with Crippen LogP contribution in [0.4, 0.5) is 0 Å². The molecule has 20 heavy (non-hydrogen) atoms. The van der Waals surface area contributed by atoms with Crippen LogP contribution < -0.4 is 0 Å². The molecule has 1 aromatic heterocycles. The molecule has 0 aliphatic heterocycles. The molecule has 0 saturated carbocycles. The normalized spacial score (nSPS) is 10.7. The molecule has 0 aliphatic carbocycles. The first-order valence-corrected chi connectivity index (χ1v) is 6.34. The Morgan fingerprint density at radius 3 is 2.40 bits per heavy atom. The van der Waals surface area contributed by atoms with Gasteiger partial charge >= 0.3 is 0 Å². The lowest BCUT2D eigenvalue weighted by Gasteiger charge is -2.00. The van der Waals surface area contributed by atoms with Gasteiger partial charge in [0, 0.05) is 5.56 Å². The van der Waals surface area contributed by atoms with E-state index in [4.69, 9.17) is 4.52 Å². The molecule has 4 heteroatoms. The SMILES string of the molecule is Cc1ccc(-c2noc(-c3cc(C)ccc3O)n2)cc1. The molecule has 100 valence electrons. The molecular formula is C16H14N2O2. The highest BCUT2D eigenvalue weighted by Gasteiger charge is 2.14. The Morgan fingerprint density at radius 1 is 0.950 bits per heavy atom. The first-order valence-electron chi connectivity index (χ1n) is 6.34. The second-order valence-electron chi connectivity index (χ2n) is 4.81. The zero-order valence-electron chi connectivity index (χ0n) is 11.3. The Kier molecular flexibility index (Phi) is 2.99. The van der Waals surface area contributed by atoms with Crippen molar-refractivity contribution in [1.82, 2.24) is 10.1 Å². The molecule has 1 heterocycles. The molecule has 0 fully saturated rings. The summed E-state index contributed by atoms with van der Waals surface area (Å²) in [7, 11) is 0. The van der Waals surface area contributed by atoms with Gasteiger partial charge in [0.15, 0.2) is 0 Å². The van der Waals surface area contributed by atoms with Crippen LogP contribution in [-0.2, 0) is 0 Å². The number of nitrogens with zero attached hydrogens (tertiary/aromatic N) is 2. The smallest absolute Gasteiger partial charge is 0.262 e. The average Bonchev–Trinajstić information content (AvgIpc) is 2.92. The van der Waals surface area contributed by atoms with E-state index in [2.05, 4.69) is 10.1 Å². The monoisotopic (exact) mass is 266 g/mol. The zero-order valence-corrected chi connectivity index (χ0v) is 11.3. The quantitative estimate of drug-likeness (QED) is 0.767. The first kappa shape index (κ1) is 12.4. The summed E-state index contributed by atoms with van der Waals surface area (Å²) in [5.41, 5.74) is 3.63. The third kappa shape index (κ3) is 2.28. The molecule has 0 unspecified atom stereocenters. The highest BCUT2D eigenvalue weighted by molar-refractivity contribution is 5.65. The van der Waals surface area contributed by atoms with Crippen molar-refractivity contribution in [2.45, 2.75) is 13.8 Å². The summed E-state index contributed by atoms with van der Waals surface area (Å²) >= 11 is 0. The number of hydrogen-bond acceptors (Lipinski definition) is 4.